The highest BCUT2D eigenvalue weighted by Gasteiger charge is 2.14. The maximum Gasteiger partial charge on any atom is 0.239 e. The highest BCUT2D eigenvalue weighted by Crippen LogP contribution is 2.16. The molecule has 0 aromatic heterocycles. The van der Waals surface area contributed by atoms with E-state index in [1.165, 1.54) is 25.6 Å². The molecule has 0 aliphatic heterocycles. The second-order valence-corrected chi connectivity index (χ2v) is 3.56. The first-order chi connectivity index (χ1) is 6.83. The summed E-state index contributed by atoms with van der Waals surface area (Å²) in [5.74, 6) is 4.89. The van der Waals surface area contributed by atoms with Crippen molar-refractivity contribution in [1.82, 2.24) is 10.6 Å². The average Bonchev–Trinajstić information content (AvgIpc) is 2.20. The van der Waals surface area contributed by atoms with Gasteiger partial charge in [-0.05, 0) is 12.8 Å². The second kappa shape index (κ2) is 6.23. The Morgan fingerprint density at radius 2 is 2.14 bits per heavy atom. The van der Waals surface area contributed by atoms with Crippen LogP contribution in [0.25, 0.3) is 0 Å². The lowest BCUT2D eigenvalue weighted by atomic mass is 9.95. The molecule has 0 saturated heterocycles. The fourth-order valence-corrected chi connectivity index (χ4v) is 1.72. The third-order valence-corrected chi connectivity index (χ3v) is 2.40. The molecule has 1 fully saturated rings. The predicted molar refractivity (Wildman–Crippen MR) is 55.7 cm³/mol. The van der Waals surface area contributed by atoms with Gasteiger partial charge >= 0.3 is 0 Å². The lowest BCUT2D eigenvalue weighted by molar-refractivity contribution is -0.120. The Balaban J connectivity index is 2.12. The molecular weight excluding hydrogens is 180 g/mol. The number of amides is 1. The minimum absolute atomic E-state index is 0.0109. The first kappa shape index (κ1) is 10.8. The van der Waals surface area contributed by atoms with Crippen molar-refractivity contribution < 1.29 is 4.79 Å². The summed E-state index contributed by atoms with van der Waals surface area (Å²) in [5.41, 5.74) is 0. The maximum atomic E-state index is 11.3. The highest BCUT2D eigenvalue weighted by molar-refractivity contribution is 5.80. The Bertz CT molecular complexity index is 199. The quantitative estimate of drug-likeness (QED) is 0.256. The number of hydrogen-bond acceptors (Lipinski definition) is 3. The lowest BCUT2D eigenvalue weighted by Gasteiger charge is -2.22. The van der Waals surface area contributed by atoms with Crippen LogP contribution < -0.4 is 16.5 Å². The van der Waals surface area contributed by atoms with Gasteiger partial charge in [-0.15, -0.1) is 0 Å². The molecule has 14 heavy (non-hydrogen) atoms. The predicted octanol–water partition coefficient (Wildman–Crippen LogP) is -0.0731. The zero-order valence-electron chi connectivity index (χ0n) is 8.33. The van der Waals surface area contributed by atoms with Crippen LogP contribution in [0.5, 0.6) is 0 Å². The van der Waals surface area contributed by atoms with Crippen LogP contribution in [0.3, 0.4) is 0 Å². The number of nitrogens with one attached hydrogen (secondary N) is 2. The summed E-state index contributed by atoms with van der Waals surface area (Å²) in [6.07, 6.45) is 7.28. The van der Waals surface area contributed by atoms with Crippen molar-refractivity contribution >= 4 is 12.2 Å². The Morgan fingerprint density at radius 1 is 1.43 bits per heavy atom. The van der Waals surface area contributed by atoms with E-state index in [0.29, 0.717) is 6.04 Å². The van der Waals surface area contributed by atoms with Crippen molar-refractivity contribution in [3.8, 4) is 0 Å². The molecule has 1 amide bonds. The van der Waals surface area contributed by atoms with Crippen LogP contribution in [0.1, 0.15) is 32.1 Å². The molecule has 0 aromatic carbocycles. The number of hydrazone groups is 1. The van der Waals surface area contributed by atoms with E-state index in [1.807, 2.05) is 0 Å². The summed E-state index contributed by atoms with van der Waals surface area (Å²) in [7, 11) is 0. The average molecular weight is 198 g/mol. The largest absolute Gasteiger partial charge is 0.366 e. The second-order valence-electron chi connectivity index (χ2n) is 3.56. The Morgan fingerprint density at radius 3 is 2.79 bits per heavy atom. The van der Waals surface area contributed by atoms with Gasteiger partial charge in [0.05, 0.1) is 6.54 Å². The molecule has 80 valence electrons. The smallest absolute Gasteiger partial charge is 0.239 e. The fourth-order valence-electron chi connectivity index (χ4n) is 1.72. The van der Waals surface area contributed by atoms with Gasteiger partial charge in [0.25, 0.3) is 0 Å². The van der Waals surface area contributed by atoms with Gasteiger partial charge in [0.1, 0.15) is 6.34 Å². The molecule has 4 N–H and O–H groups in total. The van der Waals surface area contributed by atoms with Crippen LogP contribution in [-0.4, -0.2) is 24.8 Å². The van der Waals surface area contributed by atoms with Gasteiger partial charge in [0.15, 0.2) is 0 Å². The zero-order chi connectivity index (χ0) is 10.2. The summed E-state index contributed by atoms with van der Waals surface area (Å²) >= 11 is 0. The highest BCUT2D eigenvalue weighted by atomic mass is 16.1. The fraction of sp³-hybridized carbons (Fsp3) is 0.778. The Kier molecular flexibility index (Phi) is 4.82. The Hall–Kier alpha value is -1.26. The van der Waals surface area contributed by atoms with E-state index in [0.717, 1.165) is 12.8 Å². The standard InChI is InChI=1S/C9H18N4O/c10-12-7-11-6-9(14)13-8-4-2-1-3-5-8/h7-8H,1-6,10H2,(H,11,12)(H,13,14). The summed E-state index contributed by atoms with van der Waals surface area (Å²) < 4.78 is 0. The van der Waals surface area contributed by atoms with Gasteiger partial charge < -0.3 is 16.5 Å². The van der Waals surface area contributed by atoms with Crippen LogP contribution in [0, 0.1) is 0 Å². The molecule has 1 rings (SSSR count). The van der Waals surface area contributed by atoms with Crippen molar-refractivity contribution in [1.29, 1.82) is 0 Å². The van der Waals surface area contributed by atoms with Crippen molar-refractivity contribution in [3.63, 3.8) is 0 Å². The SMILES string of the molecule is N/N=C\NCC(=O)NC1CCCCC1. The maximum absolute atomic E-state index is 11.3. The van der Waals surface area contributed by atoms with E-state index in [4.69, 9.17) is 5.84 Å². The normalized spacial score (nSPS) is 18.3. The summed E-state index contributed by atoms with van der Waals surface area (Å²) in [5, 5.41) is 8.91. The van der Waals surface area contributed by atoms with Gasteiger partial charge in [-0.1, -0.05) is 19.3 Å². The number of hydrogen-bond donors (Lipinski definition) is 3. The van der Waals surface area contributed by atoms with E-state index < -0.39 is 0 Å². The monoisotopic (exact) mass is 198 g/mol. The van der Waals surface area contributed by atoms with E-state index in [-0.39, 0.29) is 12.5 Å². The van der Waals surface area contributed by atoms with Crippen molar-refractivity contribution in [2.24, 2.45) is 10.9 Å². The first-order valence-corrected chi connectivity index (χ1v) is 5.07. The van der Waals surface area contributed by atoms with E-state index >= 15 is 0 Å². The minimum atomic E-state index is 0.0109. The molecule has 0 bridgehead atoms. The van der Waals surface area contributed by atoms with Crippen LogP contribution in [0.4, 0.5) is 0 Å². The van der Waals surface area contributed by atoms with Crippen LogP contribution in [-0.2, 0) is 4.79 Å². The minimum Gasteiger partial charge on any atom is -0.366 e. The van der Waals surface area contributed by atoms with Crippen LogP contribution >= 0.6 is 0 Å². The summed E-state index contributed by atoms with van der Waals surface area (Å²) in [6.45, 7) is 0.247. The number of nitrogens with two attached hydrogens (primary N) is 1. The molecule has 0 aromatic rings. The molecule has 5 nitrogen and oxygen atoms in total. The van der Waals surface area contributed by atoms with Crippen molar-refractivity contribution in [3.05, 3.63) is 0 Å². The molecule has 0 atom stereocenters. The first-order valence-electron chi connectivity index (χ1n) is 5.07. The zero-order valence-corrected chi connectivity index (χ0v) is 8.33. The molecule has 1 aliphatic rings. The molecular formula is C9H18N4O. The van der Waals surface area contributed by atoms with Gasteiger partial charge in [-0.3, -0.25) is 4.79 Å². The molecule has 1 aliphatic carbocycles. The topological polar surface area (TPSA) is 79.5 Å². The number of nitrogens with zero attached hydrogens (tertiary/aromatic N) is 1. The number of carbonyl (C=O) groups is 1. The molecule has 0 heterocycles. The van der Waals surface area contributed by atoms with Gasteiger partial charge in [0, 0.05) is 6.04 Å². The van der Waals surface area contributed by atoms with Crippen molar-refractivity contribution in [2.45, 2.75) is 38.1 Å². The molecule has 0 spiro atoms. The molecule has 0 radical (unpaired) electrons. The molecule has 0 unspecified atom stereocenters. The van der Waals surface area contributed by atoms with Gasteiger partial charge in [-0.25, -0.2) is 0 Å². The number of carbonyl (C=O) groups excluding carboxylic acids is 1. The van der Waals surface area contributed by atoms with Gasteiger partial charge in [0.2, 0.25) is 5.91 Å². The summed E-state index contributed by atoms with van der Waals surface area (Å²) in [6, 6.07) is 0.368. The lowest BCUT2D eigenvalue weighted by Crippen LogP contribution is -2.41. The van der Waals surface area contributed by atoms with Gasteiger partial charge in [-0.2, -0.15) is 5.10 Å². The summed E-state index contributed by atoms with van der Waals surface area (Å²) in [4.78, 5) is 11.3. The Labute approximate surface area is 84.1 Å². The van der Waals surface area contributed by atoms with E-state index in [9.17, 15) is 4.79 Å². The van der Waals surface area contributed by atoms with Crippen LogP contribution in [0.2, 0.25) is 0 Å². The molecule has 1 saturated carbocycles. The molecule has 5 heteroatoms. The van der Waals surface area contributed by atoms with E-state index in [2.05, 4.69) is 15.7 Å². The van der Waals surface area contributed by atoms with Crippen LogP contribution in [0.15, 0.2) is 5.10 Å². The third-order valence-electron chi connectivity index (χ3n) is 2.40. The van der Waals surface area contributed by atoms with E-state index in [1.54, 1.807) is 0 Å². The third kappa shape index (κ3) is 4.11. The number of rotatable bonds is 4. The van der Waals surface area contributed by atoms with Crippen molar-refractivity contribution in [2.75, 3.05) is 6.54 Å².